The third-order valence-corrected chi connectivity index (χ3v) is 6.95. The molecule has 142 valence electrons. The monoisotopic (exact) mass is 391 g/mol. The van der Waals surface area contributed by atoms with E-state index in [1.54, 1.807) is 23.2 Å². The molecule has 0 saturated carbocycles. The molecule has 1 aromatic heterocycles. The van der Waals surface area contributed by atoms with Gasteiger partial charge in [-0.15, -0.1) is 0 Å². The lowest BCUT2D eigenvalue weighted by molar-refractivity contribution is 0.0365. The summed E-state index contributed by atoms with van der Waals surface area (Å²) in [5.74, 6) is 0.0162. The third kappa shape index (κ3) is 2.69. The summed E-state index contributed by atoms with van der Waals surface area (Å²) in [6, 6.07) is 9.16. The van der Waals surface area contributed by atoms with Crippen molar-refractivity contribution in [2.75, 3.05) is 26.5 Å². The van der Waals surface area contributed by atoms with Crippen molar-refractivity contribution in [3.63, 3.8) is 0 Å². The zero-order chi connectivity index (χ0) is 19.2. The van der Waals surface area contributed by atoms with Gasteiger partial charge in [-0.05, 0) is 31.2 Å². The van der Waals surface area contributed by atoms with Crippen LogP contribution < -0.4 is 4.74 Å². The van der Waals surface area contributed by atoms with Gasteiger partial charge in [-0.2, -0.15) is 4.31 Å². The van der Waals surface area contributed by atoms with Gasteiger partial charge in [-0.3, -0.25) is 9.78 Å². The topological polar surface area (TPSA) is 79.8 Å². The first-order valence-electron chi connectivity index (χ1n) is 8.44. The molecule has 3 heterocycles. The first-order chi connectivity index (χ1) is 12.9. The molecule has 0 N–H and O–H groups in total. The molecule has 1 unspecified atom stereocenters. The second-order valence-corrected chi connectivity index (χ2v) is 8.64. The van der Waals surface area contributed by atoms with Crippen LogP contribution in [0, 0.1) is 0 Å². The Balaban J connectivity index is 1.69. The maximum atomic E-state index is 13.1. The number of alkyl halides is 1. The van der Waals surface area contributed by atoms with Gasteiger partial charge in [0.1, 0.15) is 5.75 Å². The number of ether oxygens (including phenoxy) is 1. The zero-order valence-electron chi connectivity index (χ0n) is 14.6. The second kappa shape index (κ2) is 6.28. The van der Waals surface area contributed by atoms with Gasteiger partial charge in [0.05, 0.1) is 21.7 Å². The van der Waals surface area contributed by atoms with Crippen LogP contribution in [-0.4, -0.2) is 55.0 Å². The van der Waals surface area contributed by atoms with Crippen molar-refractivity contribution in [3.8, 4) is 5.75 Å². The lowest BCUT2D eigenvalue weighted by Gasteiger charge is -2.44. The number of pyridine rings is 1. The molecule has 9 heteroatoms. The number of aromatic nitrogens is 1. The van der Waals surface area contributed by atoms with E-state index in [1.807, 2.05) is 6.92 Å². The predicted octanol–water partition coefficient (Wildman–Crippen LogP) is 1.76. The molecule has 0 spiro atoms. The number of benzene rings is 1. The summed E-state index contributed by atoms with van der Waals surface area (Å²) in [7, 11) is -3.83. The number of piperazine rings is 1. The van der Waals surface area contributed by atoms with Crippen LogP contribution in [-0.2, 0) is 15.6 Å². The van der Waals surface area contributed by atoms with Gasteiger partial charge in [0.2, 0.25) is 16.9 Å². The molecule has 1 saturated heterocycles. The van der Waals surface area contributed by atoms with Crippen LogP contribution in [0.4, 0.5) is 4.39 Å². The minimum Gasteiger partial charge on any atom is -0.463 e. The molecule has 2 aliphatic heterocycles. The van der Waals surface area contributed by atoms with Crippen molar-refractivity contribution in [3.05, 3.63) is 53.9 Å². The minimum absolute atomic E-state index is 0.0241. The third-order valence-electron chi connectivity index (χ3n) is 5.11. The van der Waals surface area contributed by atoms with E-state index in [0.717, 1.165) is 0 Å². The van der Waals surface area contributed by atoms with E-state index < -0.39 is 22.4 Å². The van der Waals surface area contributed by atoms with Crippen LogP contribution in [0.1, 0.15) is 23.0 Å². The number of hydrogen-bond acceptors (Lipinski definition) is 5. The normalized spacial score (nSPS) is 22.4. The fraction of sp³-hybridized carbons (Fsp3) is 0.333. The van der Waals surface area contributed by atoms with E-state index in [1.165, 1.54) is 28.6 Å². The Kier molecular flexibility index (Phi) is 4.15. The average molecular weight is 391 g/mol. The van der Waals surface area contributed by atoms with E-state index in [4.69, 9.17) is 4.74 Å². The summed E-state index contributed by atoms with van der Waals surface area (Å²) in [6.45, 7) is 1.33. The van der Waals surface area contributed by atoms with E-state index in [9.17, 15) is 17.6 Å². The molecule has 1 fully saturated rings. The SMILES string of the molecule is CC12CN(S(=O)(=O)c3cccc(OCF)c3)CCN1C(=O)c1cccnc12. The summed E-state index contributed by atoms with van der Waals surface area (Å²) < 4.78 is 44.8. The van der Waals surface area contributed by atoms with Crippen LogP contribution in [0.25, 0.3) is 0 Å². The molecule has 1 atom stereocenters. The van der Waals surface area contributed by atoms with Gasteiger partial charge in [-0.25, -0.2) is 12.8 Å². The lowest BCUT2D eigenvalue weighted by Crippen LogP contribution is -2.58. The average Bonchev–Trinajstić information content (AvgIpc) is 2.90. The lowest BCUT2D eigenvalue weighted by atomic mass is 9.95. The largest absolute Gasteiger partial charge is 0.463 e. The van der Waals surface area contributed by atoms with Crippen molar-refractivity contribution < 1.29 is 22.3 Å². The first-order valence-corrected chi connectivity index (χ1v) is 9.88. The Morgan fingerprint density at radius 1 is 1.26 bits per heavy atom. The highest BCUT2D eigenvalue weighted by Crippen LogP contribution is 2.41. The Hall–Kier alpha value is -2.52. The van der Waals surface area contributed by atoms with Gasteiger partial charge in [-0.1, -0.05) is 6.07 Å². The number of hydrogen-bond donors (Lipinski definition) is 0. The Bertz CT molecular complexity index is 1010. The summed E-state index contributed by atoms with van der Waals surface area (Å²) in [6.07, 6.45) is 1.60. The number of carbonyl (C=O) groups excluding carboxylic acids is 1. The fourth-order valence-corrected chi connectivity index (χ4v) is 5.35. The number of amides is 1. The number of fused-ring (bicyclic) bond motifs is 3. The molecule has 2 aliphatic rings. The molecule has 1 aromatic carbocycles. The second-order valence-electron chi connectivity index (χ2n) is 6.70. The number of sulfonamides is 1. The van der Waals surface area contributed by atoms with Crippen molar-refractivity contribution in [1.29, 1.82) is 0 Å². The van der Waals surface area contributed by atoms with Crippen LogP contribution in [0.2, 0.25) is 0 Å². The molecule has 7 nitrogen and oxygen atoms in total. The Labute approximate surface area is 156 Å². The maximum Gasteiger partial charge on any atom is 0.256 e. The van der Waals surface area contributed by atoms with Crippen molar-refractivity contribution in [2.24, 2.45) is 0 Å². The predicted molar refractivity (Wildman–Crippen MR) is 94.4 cm³/mol. The Morgan fingerprint density at radius 2 is 2.07 bits per heavy atom. The maximum absolute atomic E-state index is 13.1. The Morgan fingerprint density at radius 3 is 2.85 bits per heavy atom. The van der Waals surface area contributed by atoms with Gasteiger partial charge in [0.15, 0.2) is 0 Å². The molecule has 0 radical (unpaired) electrons. The molecule has 2 aromatic rings. The van der Waals surface area contributed by atoms with Crippen molar-refractivity contribution in [1.82, 2.24) is 14.2 Å². The first kappa shape index (κ1) is 17.9. The number of nitrogens with zero attached hydrogens (tertiary/aromatic N) is 3. The molecule has 1 amide bonds. The number of carbonyl (C=O) groups is 1. The summed E-state index contributed by atoms with van der Waals surface area (Å²) >= 11 is 0. The highest BCUT2D eigenvalue weighted by atomic mass is 32.2. The van der Waals surface area contributed by atoms with Gasteiger partial charge >= 0.3 is 0 Å². The van der Waals surface area contributed by atoms with E-state index in [0.29, 0.717) is 11.3 Å². The van der Waals surface area contributed by atoms with E-state index in [-0.39, 0.29) is 36.2 Å². The van der Waals surface area contributed by atoms with Gasteiger partial charge < -0.3 is 9.64 Å². The smallest absolute Gasteiger partial charge is 0.256 e. The number of rotatable bonds is 4. The van der Waals surface area contributed by atoms with Crippen LogP contribution in [0.5, 0.6) is 5.75 Å². The number of halogens is 1. The van der Waals surface area contributed by atoms with Crippen LogP contribution in [0.3, 0.4) is 0 Å². The summed E-state index contributed by atoms with van der Waals surface area (Å²) in [4.78, 5) is 18.7. The van der Waals surface area contributed by atoms with Crippen molar-refractivity contribution in [2.45, 2.75) is 17.4 Å². The molecule has 0 bridgehead atoms. The molecule has 0 aliphatic carbocycles. The molecular formula is C18H18FN3O4S. The van der Waals surface area contributed by atoms with Gasteiger partial charge in [0.25, 0.3) is 5.91 Å². The highest BCUT2D eigenvalue weighted by molar-refractivity contribution is 7.89. The van der Waals surface area contributed by atoms with Crippen LogP contribution >= 0.6 is 0 Å². The van der Waals surface area contributed by atoms with E-state index in [2.05, 4.69) is 4.98 Å². The van der Waals surface area contributed by atoms with Gasteiger partial charge in [0, 0.05) is 31.9 Å². The molecule has 4 rings (SSSR count). The molecule has 27 heavy (non-hydrogen) atoms. The minimum atomic E-state index is -3.83. The highest BCUT2D eigenvalue weighted by Gasteiger charge is 2.52. The standard InChI is InChI=1S/C18H18FN3O4S/c1-18-11-21(27(24,25)14-5-2-4-13(10-14)26-12-19)8-9-22(18)17(23)15-6-3-7-20-16(15)18/h2-7,10H,8-9,11-12H2,1H3. The van der Waals surface area contributed by atoms with Crippen molar-refractivity contribution >= 4 is 15.9 Å². The van der Waals surface area contributed by atoms with E-state index >= 15 is 0 Å². The van der Waals surface area contributed by atoms with Crippen LogP contribution in [0.15, 0.2) is 47.5 Å². The summed E-state index contributed by atoms with van der Waals surface area (Å²) in [5, 5.41) is 0. The fourth-order valence-electron chi connectivity index (χ4n) is 3.79. The summed E-state index contributed by atoms with van der Waals surface area (Å²) in [5.41, 5.74) is 0.272. The molecular weight excluding hydrogens is 373 g/mol. The zero-order valence-corrected chi connectivity index (χ0v) is 15.4. The quantitative estimate of drug-likeness (QED) is 0.794.